The van der Waals surface area contributed by atoms with Crippen LogP contribution in [0, 0.1) is 6.92 Å². The average molecular weight is 262 g/mol. The fraction of sp³-hybridized carbons (Fsp3) is 0.357. The Morgan fingerprint density at radius 3 is 2.84 bits per heavy atom. The molecule has 102 valence electrons. The summed E-state index contributed by atoms with van der Waals surface area (Å²) in [4.78, 5) is 0. The zero-order chi connectivity index (χ0) is 13.7. The van der Waals surface area contributed by atoms with Crippen molar-refractivity contribution in [3.63, 3.8) is 0 Å². The molecule has 0 unspecified atom stereocenters. The fourth-order valence-electron chi connectivity index (χ4n) is 1.79. The van der Waals surface area contributed by atoms with Gasteiger partial charge >= 0.3 is 0 Å². The number of methoxy groups -OCH3 is 1. The highest BCUT2D eigenvalue weighted by atomic mass is 16.5. The fourth-order valence-corrected chi connectivity index (χ4v) is 1.79. The third-order valence-electron chi connectivity index (χ3n) is 2.71. The van der Waals surface area contributed by atoms with E-state index in [0.29, 0.717) is 25.5 Å². The molecule has 0 bridgehead atoms. The van der Waals surface area contributed by atoms with Crippen molar-refractivity contribution in [2.24, 2.45) is 5.73 Å². The molecule has 0 spiro atoms. The first-order chi connectivity index (χ1) is 9.22. The lowest BCUT2D eigenvalue weighted by Gasteiger charge is -2.09. The second-order valence-electron chi connectivity index (χ2n) is 4.32. The van der Waals surface area contributed by atoms with Gasteiger partial charge in [-0.2, -0.15) is 0 Å². The Bertz CT molecular complexity index is 537. The van der Waals surface area contributed by atoms with Crippen LogP contribution in [-0.4, -0.2) is 12.3 Å². The summed E-state index contributed by atoms with van der Waals surface area (Å²) in [5.41, 5.74) is 8.58. The van der Waals surface area contributed by atoms with Crippen LogP contribution < -0.4 is 10.5 Å². The molecular formula is C14H18N2O3. The lowest BCUT2D eigenvalue weighted by molar-refractivity contribution is 0.155. The van der Waals surface area contributed by atoms with E-state index in [2.05, 4.69) is 5.16 Å². The Hall–Kier alpha value is -1.85. The highest BCUT2D eigenvalue weighted by Gasteiger charge is 2.07. The topological polar surface area (TPSA) is 70.5 Å². The van der Waals surface area contributed by atoms with E-state index in [1.807, 2.05) is 31.2 Å². The van der Waals surface area contributed by atoms with Crippen LogP contribution in [0.1, 0.15) is 22.6 Å². The molecule has 1 aromatic heterocycles. The first-order valence-electron chi connectivity index (χ1n) is 6.08. The molecule has 0 radical (unpaired) electrons. The number of nitrogens with two attached hydrogens (primary N) is 1. The van der Waals surface area contributed by atoms with Crippen LogP contribution in [0.25, 0.3) is 0 Å². The molecule has 0 aliphatic heterocycles. The molecule has 0 aliphatic carbocycles. The smallest absolute Gasteiger partial charge is 0.162 e. The van der Waals surface area contributed by atoms with Crippen LogP contribution in [0.3, 0.4) is 0 Å². The van der Waals surface area contributed by atoms with Crippen molar-refractivity contribution in [2.45, 2.75) is 26.7 Å². The van der Waals surface area contributed by atoms with Crippen LogP contribution in [0.5, 0.6) is 5.75 Å². The van der Waals surface area contributed by atoms with Crippen LogP contribution in [0.4, 0.5) is 0 Å². The number of rotatable bonds is 6. The van der Waals surface area contributed by atoms with Gasteiger partial charge in [0.2, 0.25) is 0 Å². The van der Waals surface area contributed by atoms with Gasteiger partial charge in [-0.15, -0.1) is 0 Å². The van der Waals surface area contributed by atoms with Crippen LogP contribution in [-0.2, 0) is 24.5 Å². The first-order valence-corrected chi connectivity index (χ1v) is 6.08. The molecule has 0 amide bonds. The lowest BCUT2D eigenvalue weighted by atomic mass is 10.1. The third kappa shape index (κ3) is 3.56. The molecule has 0 fully saturated rings. The Balaban J connectivity index is 2.01. The van der Waals surface area contributed by atoms with Gasteiger partial charge in [0.1, 0.15) is 24.7 Å². The van der Waals surface area contributed by atoms with Gasteiger partial charge in [-0.1, -0.05) is 22.9 Å². The summed E-state index contributed by atoms with van der Waals surface area (Å²) in [5.74, 6) is 1.47. The molecule has 0 saturated heterocycles. The van der Waals surface area contributed by atoms with E-state index in [0.717, 1.165) is 22.6 Å². The van der Waals surface area contributed by atoms with Gasteiger partial charge in [0.15, 0.2) is 5.76 Å². The SMILES string of the molecule is COCc1cc(COc2ccc(C)cc2CN)no1. The number of hydrogen-bond acceptors (Lipinski definition) is 5. The number of benzene rings is 1. The summed E-state index contributed by atoms with van der Waals surface area (Å²) in [6.07, 6.45) is 0. The van der Waals surface area contributed by atoms with Crippen molar-refractivity contribution in [1.29, 1.82) is 0 Å². The van der Waals surface area contributed by atoms with Gasteiger partial charge in [-0.25, -0.2) is 0 Å². The van der Waals surface area contributed by atoms with E-state index in [4.69, 9.17) is 19.7 Å². The minimum absolute atomic E-state index is 0.350. The van der Waals surface area contributed by atoms with E-state index >= 15 is 0 Å². The van der Waals surface area contributed by atoms with Crippen molar-refractivity contribution in [3.8, 4) is 5.75 Å². The Morgan fingerprint density at radius 1 is 1.26 bits per heavy atom. The molecule has 1 heterocycles. The molecule has 5 heteroatoms. The summed E-state index contributed by atoms with van der Waals surface area (Å²) in [5, 5.41) is 3.91. The van der Waals surface area contributed by atoms with Gasteiger partial charge in [0.25, 0.3) is 0 Å². The zero-order valence-corrected chi connectivity index (χ0v) is 11.2. The van der Waals surface area contributed by atoms with Crippen LogP contribution >= 0.6 is 0 Å². The molecule has 2 N–H and O–H groups in total. The van der Waals surface area contributed by atoms with Crippen molar-refractivity contribution in [1.82, 2.24) is 5.16 Å². The Morgan fingerprint density at radius 2 is 2.11 bits per heavy atom. The van der Waals surface area contributed by atoms with Crippen molar-refractivity contribution in [2.75, 3.05) is 7.11 Å². The number of hydrogen-bond donors (Lipinski definition) is 1. The normalized spacial score (nSPS) is 10.7. The Labute approximate surface area is 112 Å². The number of aryl methyl sites for hydroxylation is 1. The molecule has 1 aromatic carbocycles. The summed E-state index contributed by atoms with van der Waals surface area (Å²) in [7, 11) is 1.61. The second kappa shape index (κ2) is 6.36. The second-order valence-corrected chi connectivity index (χ2v) is 4.32. The molecule has 2 rings (SSSR count). The quantitative estimate of drug-likeness (QED) is 0.863. The lowest BCUT2D eigenvalue weighted by Crippen LogP contribution is -2.03. The van der Waals surface area contributed by atoms with Crippen LogP contribution in [0.15, 0.2) is 28.8 Å². The summed E-state index contributed by atoms with van der Waals surface area (Å²) >= 11 is 0. The summed E-state index contributed by atoms with van der Waals surface area (Å²) in [6, 6.07) is 7.76. The van der Waals surface area contributed by atoms with Gasteiger partial charge in [0, 0.05) is 25.3 Å². The van der Waals surface area contributed by atoms with Crippen molar-refractivity contribution >= 4 is 0 Å². The van der Waals surface area contributed by atoms with E-state index < -0.39 is 0 Å². The maximum atomic E-state index is 5.72. The molecular weight excluding hydrogens is 244 g/mol. The Kier molecular flexibility index (Phi) is 4.54. The van der Waals surface area contributed by atoms with E-state index in [9.17, 15) is 0 Å². The minimum atomic E-state index is 0.350. The predicted octanol–water partition coefficient (Wildman–Crippen LogP) is 2.17. The van der Waals surface area contributed by atoms with Gasteiger partial charge in [-0.05, 0) is 13.0 Å². The zero-order valence-electron chi connectivity index (χ0n) is 11.2. The van der Waals surface area contributed by atoms with Gasteiger partial charge in [-0.3, -0.25) is 0 Å². The number of ether oxygens (including phenoxy) is 2. The van der Waals surface area contributed by atoms with Gasteiger partial charge in [0.05, 0.1) is 0 Å². The maximum Gasteiger partial charge on any atom is 0.162 e. The van der Waals surface area contributed by atoms with E-state index in [1.165, 1.54) is 0 Å². The standard InChI is InChI=1S/C14H18N2O3/c1-10-3-4-14(11(5-10)7-15)18-8-12-6-13(9-17-2)19-16-12/h3-6H,7-9,15H2,1-2H3. The van der Waals surface area contributed by atoms with Crippen LogP contribution in [0.2, 0.25) is 0 Å². The predicted molar refractivity (Wildman–Crippen MR) is 70.6 cm³/mol. The monoisotopic (exact) mass is 262 g/mol. The maximum absolute atomic E-state index is 5.72. The van der Waals surface area contributed by atoms with E-state index in [-0.39, 0.29) is 0 Å². The number of nitrogens with zero attached hydrogens (tertiary/aromatic N) is 1. The molecule has 19 heavy (non-hydrogen) atoms. The van der Waals surface area contributed by atoms with Gasteiger partial charge < -0.3 is 19.7 Å². The molecule has 0 atom stereocenters. The van der Waals surface area contributed by atoms with Crippen molar-refractivity contribution in [3.05, 3.63) is 46.8 Å². The first kappa shape index (κ1) is 13.6. The van der Waals surface area contributed by atoms with Crippen molar-refractivity contribution < 1.29 is 14.0 Å². The average Bonchev–Trinajstić information content (AvgIpc) is 2.85. The minimum Gasteiger partial charge on any atom is -0.487 e. The molecule has 0 aliphatic rings. The summed E-state index contributed by atoms with van der Waals surface area (Å²) in [6.45, 7) is 3.23. The summed E-state index contributed by atoms with van der Waals surface area (Å²) < 4.78 is 15.8. The highest BCUT2D eigenvalue weighted by molar-refractivity contribution is 5.36. The number of aromatic nitrogens is 1. The largest absolute Gasteiger partial charge is 0.487 e. The molecule has 0 saturated carbocycles. The molecule has 2 aromatic rings. The highest BCUT2D eigenvalue weighted by Crippen LogP contribution is 2.20. The third-order valence-corrected chi connectivity index (χ3v) is 2.71. The van der Waals surface area contributed by atoms with E-state index in [1.54, 1.807) is 7.11 Å². The molecule has 5 nitrogen and oxygen atoms in total.